The lowest BCUT2D eigenvalue weighted by molar-refractivity contribution is 0.0944. The molecule has 1 fully saturated rings. The van der Waals surface area contributed by atoms with Gasteiger partial charge in [0.1, 0.15) is 5.82 Å². The van der Waals surface area contributed by atoms with E-state index in [1.165, 1.54) is 25.5 Å². The predicted molar refractivity (Wildman–Crippen MR) is 72.5 cm³/mol. The minimum absolute atomic E-state index is 0.136. The van der Waals surface area contributed by atoms with E-state index in [1.54, 1.807) is 6.07 Å². The van der Waals surface area contributed by atoms with Crippen LogP contribution in [0.4, 0.5) is 5.82 Å². The van der Waals surface area contributed by atoms with Gasteiger partial charge < -0.3 is 11.1 Å². The molecule has 3 N–H and O–H groups in total. The fourth-order valence-electron chi connectivity index (χ4n) is 2.42. The van der Waals surface area contributed by atoms with Gasteiger partial charge in [-0.2, -0.15) is 0 Å². The molecule has 0 aromatic carbocycles. The van der Waals surface area contributed by atoms with E-state index in [1.807, 2.05) is 0 Å². The summed E-state index contributed by atoms with van der Waals surface area (Å²) in [5.41, 5.74) is 5.96. The third-order valence-corrected chi connectivity index (χ3v) is 4.00. The normalized spacial score (nSPS) is 23.0. The number of pyridine rings is 1. The number of carbonyl (C=O) groups is 1. The molecule has 0 aliphatic heterocycles. The van der Waals surface area contributed by atoms with Crippen molar-refractivity contribution in [1.82, 2.24) is 10.3 Å². The zero-order chi connectivity index (χ0) is 13.1. The van der Waals surface area contributed by atoms with E-state index in [0.29, 0.717) is 22.4 Å². The number of amides is 1. The van der Waals surface area contributed by atoms with Crippen molar-refractivity contribution < 1.29 is 4.79 Å². The summed E-state index contributed by atoms with van der Waals surface area (Å²) in [4.78, 5) is 15.8. The van der Waals surface area contributed by atoms with Crippen molar-refractivity contribution in [1.29, 1.82) is 0 Å². The molecule has 1 amide bonds. The Morgan fingerprint density at radius 1 is 1.61 bits per heavy atom. The molecule has 1 aromatic rings. The van der Waals surface area contributed by atoms with E-state index in [4.69, 9.17) is 17.3 Å². The van der Waals surface area contributed by atoms with Crippen LogP contribution in [0.3, 0.4) is 0 Å². The Bertz CT molecular complexity index is 450. The number of aromatic nitrogens is 1. The average Bonchev–Trinajstić information content (AvgIpc) is 2.75. The minimum Gasteiger partial charge on any atom is -0.382 e. The van der Waals surface area contributed by atoms with Crippen molar-refractivity contribution in [3.63, 3.8) is 0 Å². The lowest BCUT2D eigenvalue weighted by Crippen LogP contribution is -2.30. The molecule has 0 radical (unpaired) electrons. The van der Waals surface area contributed by atoms with Gasteiger partial charge in [-0.1, -0.05) is 31.4 Å². The van der Waals surface area contributed by atoms with Gasteiger partial charge >= 0.3 is 0 Å². The first kappa shape index (κ1) is 13.1. The Hall–Kier alpha value is -1.29. The number of carbonyl (C=O) groups excluding carboxylic acids is 1. The van der Waals surface area contributed by atoms with Gasteiger partial charge in [0.05, 0.1) is 10.6 Å². The zero-order valence-corrected chi connectivity index (χ0v) is 11.2. The van der Waals surface area contributed by atoms with E-state index in [2.05, 4.69) is 17.2 Å². The molecule has 1 heterocycles. The SMILES string of the molecule is CC1CCCC1CNC(=O)c1cnc(N)c(Cl)c1. The molecule has 1 aliphatic rings. The van der Waals surface area contributed by atoms with Crippen LogP contribution in [0.15, 0.2) is 12.3 Å². The Kier molecular flexibility index (Phi) is 4.07. The van der Waals surface area contributed by atoms with Crippen molar-refractivity contribution >= 4 is 23.3 Å². The molecular formula is C13H18ClN3O. The second-order valence-corrected chi connectivity index (χ2v) is 5.38. The van der Waals surface area contributed by atoms with Crippen molar-refractivity contribution in [2.45, 2.75) is 26.2 Å². The topological polar surface area (TPSA) is 68.0 Å². The maximum atomic E-state index is 11.9. The molecule has 5 heteroatoms. The summed E-state index contributed by atoms with van der Waals surface area (Å²) in [5, 5.41) is 3.26. The van der Waals surface area contributed by atoms with Crippen LogP contribution in [0.25, 0.3) is 0 Å². The average molecular weight is 268 g/mol. The predicted octanol–water partition coefficient (Wildman–Crippen LogP) is 2.48. The van der Waals surface area contributed by atoms with Gasteiger partial charge in [0.2, 0.25) is 0 Å². The van der Waals surface area contributed by atoms with Crippen LogP contribution in [0.2, 0.25) is 5.02 Å². The van der Waals surface area contributed by atoms with Crippen molar-refractivity contribution in [2.75, 3.05) is 12.3 Å². The van der Waals surface area contributed by atoms with Crippen LogP contribution in [0.1, 0.15) is 36.5 Å². The monoisotopic (exact) mass is 267 g/mol. The van der Waals surface area contributed by atoms with Crippen molar-refractivity contribution in [2.24, 2.45) is 11.8 Å². The molecule has 2 rings (SSSR count). The summed E-state index contributed by atoms with van der Waals surface area (Å²) in [6, 6.07) is 1.55. The number of hydrogen-bond acceptors (Lipinski definition) is 3. The van der Waals surface area contributed by atoms with Gasteiger partial charge in [-0.25, -0.2) is 4.98 Å². The molecule has 0 bridgehead atoms. The van der Waals surface area contributed by atoms with Gasteiger partial charge in [0.15, 0.2) is 0 Å². The van der Waals surface area contributed by atoms with Crippen LogP contribution < -0.4 is 11.1 Å². The summed E-state index contributed by atoms with van der Waals surface area (Å²) in [5.74, 6) is 1.39. The van der Waals surface area contributed by atoms with E-state index in [9.17, 15) is 4.79 Å². The van der Waals surface area contributed by atoms with E-state index in [0.717, 1.165) is 6.54 Å². The fraction of sp³-hybridized carbons (Fsp3) is 0.538. The summed E-state index contributed by atoms with van der Waals surface area (Å²) < 4.78 is 0. The molecule has 18 heavy (non-hydrogen) atoms. The largest absolute Gasteiger partial charge is 0.382 e. The maximum Gasteiger partial charge on any atom is 0.252 e. The highest BCUT2D eigenvalue weighted by molar-refractivity contribution is 6.33. The first-order chi connectivity index (χ1) is 8.58. The van der Waals surface area contributed by atoms with E-state index < -0.39 is 0 Å². The molecule has 98 valence electrons. The Labute approximate surface area is 112 Å². The number of hydrogen-bond donors (Lipinski definition) is 2. The summed E-state index contributed by atoms with van der Waals surface area (Å²) >= 11 is 5.84. The van der Waals surface area contributed by atoms with Crippen LogP contribution in [0.5, 0.6) is 0 Å². The van der Waals surface area contributed by atoms with Gasteiger partial charge in [-0.05, 0) is 24.3 Å². The first-order valence-corrected chi connectivity index (χ1v) is 6.65. The number of anilines is 1. The molecule has 1 saturated carbocycles. The van der Waals surface area contributed by atoms with Crippen molar-refractivity contribution in [3.05, 3.63) is 22.8 Å². The van der Waals surface area contributed by atoms with Gasteiger partial charge in [0, 0.05) is 12.7 Å². The highest BCUT2D eigenvalue weighted by Crippen LogP contribution is 2.30. The maximum absolute atomic E-state index is 11.9. The van der Waals surface area contributed by atoms with Gasteiger partial charge in [0.25, 0.3) is 5.91 Å². The summed E-state index contributed by atoms with van der Waals surface area (Å²) in [6.07, 6.45) is 5.17. The van der Waals surface area contributed by atoms with E-state index in [-0.39, 0.29) is 11.7 Å². The number of nitrogen functional groups attached to an aromatic ring is 1. The molecule has 0 spiro atoms. The molecular weight excluding hydrogens is 250 g/mol. The van der Waals surface area contributed by atoms with Crippen LogP contribution >= 0.6 is 11.6 Å². The number of nitrogens with zero attached hydrogens (tertiary/aromatic N) is 1. The molecule has 2 atom stereocenters. The van der Waals surface area contributed by atoms with Gasteiger partial charge in [-0.15, -0.1) is 0 Å². The highest BCUT2D eigenvalue weighted by Gasteiger charge is 2.23. The van der Waals surface area contributed by atoms with Crippen LogP contribution in [-0.4, -0.2) is 17.4 Å². The van der Waals surface area contributed by atoms with E-state index >= 15 is 0 Å². The first-order valence-electron chi connectivity index (χ1n) is 6.27. The van der Waals surface area contributed by atoms with Crippen molar-refractivity contribution in [3.8, 4) is 0 Å². The zero-order valence-electron chi connectivity index (χ0n) is 10.4. The number of nitrogens with two attached hydrogens (primary N) is 1. The minimum atomic E-state index is -0.136. The molecule has 2 unspecified atom stereocenters. The Balaban J connectivity index is 1.93. The summed E-state index contributed by atoms with van der Waals surface area (Å²) in [7, 11) is 0. The van der Waals surface area contributed by atoms with Gasteiger partial charge in [-0.3, -0.25) is 4.79 Å². The summed E-state index contributed by atoms with van der Waals surface area (Å²) in [6.45, 7) is 2.97. The quantitative estimate of drug-likeness (QED) is 0.884. The fourth-order valence-corrected chi connectivity index (χ4v) is 2.59. The number of rotatable bonds is 3. The third kappa shape index (κ3) is 2.93. The molecule has 1 aliphatic carbocycles. The van der Waals surface area contributed by atoms with Crippen LogP contribution in [-0.2, 0) is 0 Å². The second-order valence-electron chi connectivity index (χ2n) is 4.97. The standard InChI is InChI=1S/C13H18ClN3O/c1-8-3-2-4-9(8)6-17-13(18)10-5-11(14)12(15)16-7-10/h5,7-9H,2-4,6H2,1H3,(H2,15,16)(H,17,18). The smallest absolute Gasteiger partial charge is 0.252 e. The highest BCUT2D eigenvalue weighted by atomic mass is 35.5. The van der Waals surface area contributed by atoms with Crippen LogP contribution in [0, 0.1) is 11.8 Å². The third-order valence-electron chi connectivity index (χ3n) is 3.70. The number of nitrogens with one attached hydrogen (secondary N) is 1. The second kappa shape index (κ2) is 5.57. The lowest BCUT2D eigenvalue weighted by Gasteiger charge is -2.15. The molecule has 1 aromatic heterocycles. The lowest BCUT2D eigenvalue weighted by atomic mass is 9.98. The Morgan fingerprint density at radius 2 is 2.39 bits per heavy atom. The Morgan fingerprint density at radius 3 is 3.00 bits per heavy atom. The molecule has 4 nitrogen and oxygen atoms in total. The number of halogens is 1. The molecule has 0 saturated heterocycles.